The van der Waals surface area contributed by atoms with E-state index in [-0.39, 0.29) is 23.5 Å². The second kappa shape index (κ2) is 12.5. The predicted octanol–water partition coefficient (Wildman–Crippen LogP) is 4.89. The Morgan fingerprint density at radius 1 is 1.02 bits per heavy atom. The fourth-order valence-corrected chi connectivity index (χ4v) is 5.42. The maximum absolute atomic E-state index is 13.2. The number of carboxylic acids is 1. The molecule has 2 N–H and O–H groups in total. The van der Waals surface area contributed by atoms with Crippen LogP contribution < -0.4 is 9.88 Å². The maximum Gasteiger partial charge on any atom is 0.441 e. The van der Waals surface area contributed by atoms with Crippen molar-refractivity contribution in [2.75, 3.05) is 19.6 Å². The van der Waals surface area contributed by atoms with Gasteiger partial charge in [-0.2, -0.15) is 4.57 Å². The fraction of sp³-hybridized carbons (Fsp3) is 0.235. The Hall–Kier alpha value is -5.02. The minimum atomic E-state index is -0.939. The highest BCUT2D eigenvalue weighted by Gasteiger charge is 2.28. The number of likely N-dealkylation sites (tertiary alicyclic amines) is 1. The Kier molecular flexibility index (Phi) is 8.15. The van der Waals surface area contributed by atoms with Crippen LogP contribution in [0.3, 0.4) is 0 Å². The minimum absolute atomic E-state index is 0.0985. The normalized spacial score (nSPS) is 15.6. The highest BCUT2D eigenvalue weighted by Crippen LogP contribution is 2.24. The molecule has 6 rings (SSSR count). The third-order valence-corrected chi connectivity index (χ3v) is 7.79. The summed E-state index contributed by atoms with van der Waals surface area (Å²) in [5.41, 5.74) is 5.41. The Labute approximate surface area is 249 Å². The molecule has 1 aromatic heterocycles. The first-order valence-corrected chi connectivity index (χ1v) is 14.4. The molecule has 1 saturated heterocycles. The molecule has 1 amide bonds. The van der Waals surface area contributed by atoms with Gasteiger partial charge in [0.1, 0.15) is 12.9 Å². The summed E-state index contributed by atoms with van der Waals surface area (Å²) < 4.78 is 13.8. The van der Waals surface area contributed by atoms with E-state index in [0.29, 0.717) is 24.4 Å². The second-order valence-electron chi connectivity index (χ2n) is 10.7. The average Bonchev–Trinajstić information content (AvgIpc) is 3.20. The van der Waals surface area contributed by atoms with E-state index in [4.69, 9.17) is 14.1 Å². The number of ether oxygens (including phenoxy) is 1. The number of carbonyl (C=O) groups excluding carboxylic acids is 1. The predicted molar refractivity (Wildman–Crippen MR) is 163 cm³/mol. The summed E-state index contributed by atoms with van der Waals surface area (Å²) in [6.07, 6.45) is 7.48. The zero-order valence-electron chi connectivity index (χ0n) is 23.9. The number of benzene rings is 3. The van der Waals surface area contributed by atoms with E-state index < -0.39 is 5.97 Å². The number of aryl methyl sites for hydroxylation is 1. The van der Waals surface area contributed by atoms with Crippen molar-refractivity contribution in [2.45, 2.75) is 25.6 Å². The molecule has 3 heterocycles. The Morgan fingerprint density at radius 2 is 1.84 bits per heavy atom. The Balaban J connectivity index is 1.03. The number of hydrogen-bond acceptors (Lipinski definition) is 6. The van der Waals surface area contributed by atoms with Gasteiger partial charge in [0.25, 0.3) is 5.52 Å². The van der Waals surface area contributed by atoms with Crippen LogP contribution in [-0.4, -0.2) is 53.5 Å². The van der Waals surface area contributed by atoms with Gasteiger partial charge in [0.15, 0.2) is 0 Å². The molecule has 43 heavy (non-hydrogen) atoms. The molecule has 3 aromatic carbocycles. The van der Waals surface area contributed by atoms with Crippen molar-refractivity contribution >= 4 is 28.8 Å². The number of nitrogens with one attached hydrogen (secondary N) is 1. The number of amidine groups is 1. The number of fused-ring (bicyclic) bond motifs is 1. The van der Waals surface area contributed by atoms with Gasteiger partial charge in [-0.25, -0.2) is 4.79 Å². The maximum atomic E-state index is 13.2. The number of aromatic nitrogens is 1. The number of aliphatic imine (C=N–C) groups is 1. The van der Waals surface area contributed by atoms with Crippen LogP contribution in [0, 0.1) is 0 Å². The lowest BCUT2D eigenvalue weighted by atomic mass is 10.1. The number of piperidine rings is 1. The molecule has 0 unspecified atom stereocenters. The molecule has 9 nitrogen and oxygen atoms in total. The summed E-state index contributed by atoms with van der Waals surface area (Å²) >= 11 is 0. The zero-order valence-corrected chi connectivity index (χ0v) is 23.9. The lowest BCUT2D eigenvalue weighted by Crippen LogP contribution is -2.40. The largest absolute Gasteiger partial charge is 0.478 e. The number of oxazole rings is 1. The molecule has 1 fully saturated rings. The number of carbonyl (C=O) groups is 2. The minimum Gasteiger partial charge on any atom is -0.478 e. The highest BCUT2D eigenvalue weighted by molar-refractivity contribution is 5.95. The molecule has 4 aromatic rings. The van der Waals surface area contributed by atoms with Gasteiger partial charge in [0.05, 0.1) is 24.8 Å². The van der Waals surface area contributed by atoms with Crippen LogP contribution in [0.4, 0.5) is 0 Å². The van der Waals surface area contributed by atoms with Gasteiger partial charge in [-0.1, -0.05) is 48.5 Å². The van der Waals surface area contributed by atoms with Crippen LogP contribution in [0.15, 0.2) is 106 Å². The molecule has 0 bridgehead atoms. The monoisotopic (exact) mass is 577 g/mol. The lowest BCUT2D eigenvalue weighted by molar-refractivity contribution is -0.652. The van der Waals surface area contributed by atoms with Crippen LogP contribution in [0.1, 0.15) is 39.4 Å². The van der Waals surface area contributed by atoms with Crippen molar-refractivity contribution in [2.24, 2.45) is 12.0 Å². The first kappa shape index (κ1) is 28.1. The molecule has 2 aliphatic rings. The first-order chi connectivity index (χ1) is 20.9. The van der Waals surface area contributed by atoms with Crippen molar-refractivity contribution in [1.82, 2.24) is 10.2 Å². The van der Waals surface area contributed by atoms with Gasteiger partial charge >= 0.3 is 17.8 Å². The van der Waals surface area contributed by atoms with Crippen LogP contribution in [0.2, 0.25) is 0 Å². The van der Waals surface area contributed by atoms with E-state index >= 15 is 0 Å². The molecule has 0 atom stereocenters. The third kappa shape index (κ3) is 6.42. The summed E-state index contributed by atoms with van der Waals surface area (Å²) in [7, 11) is 1.83. The quantitative estimate of drug-likeness (QED) is 0.303. The van der Waals surface area contributed by atoms with Crippen LogP contribution in [0.25, 0.3) is 22.2 Å². The molecule has 0 spiro atoms. The molecule has 0 radical (unpaired) electrons. The number of aromatic carboxylic acids is 1. The van der Waals surface area contributed by atoms with Crippen LogP contribution >= 0.6 is 0 Å². The standard InChI is InChI=1S/C34H32N4O5/c1-37-29-21-25(24-7-3-2-4-8-24)10-12-30(29)43-33(37)32(39)36-27-11-13-31(35-17-14-27)38-18-15-28(16-19-38)42-22-23-6-5-9-26(20-23)34(40)41/h2-14,20-21,28H,15-19,22H2,1H3,(H-,36,39,40,41)/p+1. The van der Waals surface area contributed by atoms with E-state index in [1.165, 1.54) is 0 Å². The third-order valence-electron chi connectivity index (χ3n) is 7.79. The van der Waals surface area contributed by atoms with E-state index in [9.17, 15) is 14.7 Å². The molecule has 2 aliphatic heterocycles. The van der Waals surface area contributed by atoms with Gasteiger partial charge in [-0.15, -0.1) is 0 Å². The van der Waals surface area contributed by atoms with E-state index in [2.05, 4.69) is 22.3 Å². The number of amides is 1. The van der Waals surface area contributed by atoms with Gasteiger partial charge < -0.3 is 24.5 Å². The van der Waals surface area contributed by atoms with Crippen LogP contribution in [-0.2, 0) is 18.4 Å². The van der Waals surface area contributed by atoms with E-state index in [0.717, 1.165) is 54.0 Å². The van der Waals surface area contributed by atoms with E-state index in [1.807, 2.05) is 67.7 Å². The lowest BCUT2D eigenvalue weighted by Gasteiger charge is -2.33. The summed E-state index contributed by atoms with van der Waals surface area (Å²) in [5.74, 6) is -0.176. The van der Waals surface area contributed by atoms with Crippen LogP contribution in [0.5, 0.6) is 0 Å². The van der Waals surface area contributed by atoms with Gasteiger partial charge in [-0.05, 0) is 66.0 Å². The smallest absolute Gasteiger partial charge is 0.441 e. The van der Waals surface area contributed by atoms with Crippen molar-refractivity contribution in [3.63, 3.8) is 0 Å². The second-order valence-corrected chi connectivity index (χ2v) is 10.7. The number of rotatable bonds is 7. The molecule has 0 aliphatic carbocycles. The summed E-state index contributed by atoms with van der Waals surface area (Å²) in [4.78, 5) is 31.4. The highest BCUT2D eigenvalue weighted by atomic mass is 16.5. The summed E-state index contributed by atoms with van der Waals surface area (Å²) in [5, 5.41) is 12.2. The first-order valence-electron chi connectivity index (χ1n) is 14.4. The fourth-order valence-electron chi connectivity index (χ4n) is 5.42. The Bertz CT molecular complexity index is 1750. The number of allylic oxidation sites excluding steroid dienone is 1. The number of nitrogens with zero attached hydrogens (tertiary/aromatic N) is 3. The molecule has 9 heteroatoms. The number of carboxylic acid groups (broad SMARTS) is 1. The molecule has 0 saturated carbocycles. The molecular weight excluding hydrogens is 544 g/mol. The van der Waals surface area contributed by atoms with Gasteiger partial charge in [-0.3, -0.25) is 9.79 Å². The molecule has 218 valence electrons. The summed E-state index contributed by atoms with van der Waals surface area (Å²) in [6.45, 7) is 2.42. The molecular formula is C34H33N4O5+. The average molecular weight is 578 g/mol. The topological polar surface area (TPSA) is 108 Å². The summed E-state index contributed by atoms with van der Waals surface area (Å²) in [6, 6.07) is 22.9. The SMILES string of the molecule is C[n+]1c(C(=O)NC2=CCN=C(N3CCC(OCc4cccc(C(=O)O)c4)CC3)C=C2)oc2ccc(-c3ccccc3)cc21. The van der Waals surface area contributed by atoms with Crippen molar-refractivity contribution in [3.05, 3.63) is 114 Å². The zero-order chi connectivity index (χ0) is 29.8. The van der Waals surface area contributed by atoms with Crippen molar-refractivity contribution in [1.29, 1.82) is 0 Å². The van der Waals surface area contributed by atoms with Crippen molar-refractivity contribution in [3.8, 4) is 11.1 Å². The number of hydrogen-bond donors (Lipinski definition) is 2. The van der Waals surface area contributed by atoms with Gasteiger partial charge in [0, 0.05) is 24.9 Å². The Morgan fingerprint density at radius 3 is 2.63 bits per heavy atom. The van der Waals surface area contributed by atoms with Crippen molar-refractivity contribution < 1.29 is 28.4 Å². The van der Waals surface area contributed by atoms with Gasteiger partial charge in [0.2, 0.25) is 5.58 Å². The van der Waals surface area contributed by atoms with E-state index in [1.54, 1.807) is 22.8 Å².